The number of anilines is 2. The van der Waals surface area contributed by atoms with Gasteiger partial charge < -0.3 is 19.9 Å². The summed E-state index contributed by atoms with van der Waals surface area (Å²) in [6, 6.07) is 18.1. The Hall–Kier alpha value is -4.88. The summed E-state index contributed by atoms with van der Waals surface area (Å²) in [4.78, 5) is 68.1. The minimum Gasteiger partial charge on any atom is -0.504 e. The van der Waals surface area contributed by atoms with Crippen LogP contribution in [0.2, 0.25) is 0 Å². The summed E-state index contributed by atoms with van der Waals surface area (Å²) in [7, 11) is 0. The number of phenolic OH excluding ortho intramolecular Hbond substituents is 1. The summed E-state index contributed by atoms with van der Waals surface area (Å²) in [5.74, 6) is -3.21. The second-order valence-corrected chi connectivity index (χ2v) is 13.1. The second-order valence-electron chi connectivity index (χ2n) is 11.0. The first kappa shape index (κ1) is 32.1. The molecule has 1 aromatic heterocycles. The Morgan fingerprint density at radius 2 is 1.66 bits per heavy atom. The van der Waals surface area contributed by atoms with Crippen molar-refractivity contribution in [3.63, 3.8) is 0 Å². The molecule has 2 aliphatic heterocycles. The van der Waals surface area contributed by atoms with Gasteiger partial charge in [-0.1, -0.05) is 46.9 Å². The van der Waals surface area contributed by atoms with E-state index in [9.17, 15) is 29.1 Å². The maximum Gasteiger partial charge on any atom is 0.338 e. The Labute approximate surface area is 278 Å². The van der Waals surface area contributed by atoms with E-state index in [1.807, 2.05) is 19.1 Å². The highest BCUT2D eigenvalue weighted by Crippen LogP contribution is 2.54. The van der Waals surface area contributed by atoms with E-state index in [2.05, 4.69) is 5.32 Å². The van der Waals surface area contributed by atoms with Gasteiger partial charge in [-0.2, -0.15) is 0 Å². The minimum atomic E-state index is -0.871. The molecule has 6 rings (SSSR count). The Morgan fingerprint density at radius 1 is 0.936 bits per heavy atom. The van der Waals surface area contributed by atoms with Crippen molar-refractivity contribution in [3.8, 4) is 11.5 Å². The number of aromatic nitrogens is 1. The highest BCUT2D eigenvalue weighted by atomic mass is 32.2. The molecule has 3 amide bonds. The van der Waals surface area contributed by atoms with Crippen LogP contribution in [0.25, 0.3) is 0 Å². The first-order chi connectivity index (χ1) is 22.6. The number of carbonyl (C=O) groups is 4. The molecule has 4 aromatic rings. The number of nitrogens with zero attached hydrogens (tertiary/aromatic N) is 2. The van der Waals surface area contributed by atoms with Crippen LogP contribution in [0.5, 0.6) is 11.5 Å². The monoisotopic (exact) mass is 673 g/mol. The summed E-state index contributed by atoms with van der Waals surface area (Å²) in [6.07, 6.45) is 0. The van der Waals surface area contributed by atoms with E-state index in [1.165, 1.54) is 27.7 Å². The molecule has 3 heterocycles. The molecule has 0 saturated carbocycles. The third-order valence-electron chi connectivity index (χ3n) is 7.97. The minimum absolute atomic E-state index is 0.0784. The molecule has 11 nitrogen and oxygen atoms in total. The first-order valence-electron chi connectivity index (χ1n) is 15.0. The molecule has 13 heteroatoms. The van der Waals surface area contributed by atoms with Crippen LogP contribution in [-0.4, -0.2) is 51.8 Å². The number of thioether (sulfide) groups is 1. The van der Waals surface area contributed by atoms with Gasteiger partial charge in [-0.05, 0) is 74.9 Å². The molecule has 242 valence electrons. The van der Waals surface area contributed by atoms with Gasteiger partial charge in [0.15, 0.2) is 11.5 Å². The Bertz CT molecular complexity index is 1930. The van der Waals surface area contributed by atoms with E-state index in [4.69, 9.17) is 9.47 Å². The van der Waals surface area contributed by atoms with Gasteiger partial charge in [0.2, 0.25) is 17.7 Å². The van der Waals surface area contributed by atoms with E-state index < -0.39 is 45.6 Å². The number of esters is 1. The standard InChI is InChI=1S/C34H31N3O8S2/c1-4-44-24-16-20(10-15-23(24)38)26-27-28(31(41)37(30(27)40)22-13-6-18(3)7-14-22)46-32-29(26)47-34(43)36(32)17-25(39)35-21-11-8-19(9-12-21)33(42)45-5-2/h6-16,26-28,38H,4-5,17H2,1-3H3,(H,35,39)/t26-,27+,28-/m0/s1. The van der Waals surface area contributed by atoms with Gasteiger partial charge in [-0.3, -0.25) is 23.7 Å². The number of rotatable bonds is 9. The number of hydrogen-bond acceptors (Lipinski definition) is 10. The number of hydrogen-bond donors (Lipinski definition) is 2. The number of nitrogens with one attached hydrogen (secondary N) is 1. The fraction of sp³-hybridized carbons (Fsp3) is 0.265. The lowest BCUT2D eigenvalue weighted by Crippen LogP contribution is -2.33. The lowest BCUT2D eigenvalue weighted by Gasteiger charge is -2.31. The van der Waals surface area contributed by atoms with Crippen LogP contribution >= 0.6 is 23.1 Å². The maximum atomic E-state index is 14.1. The van der Waals surface area contributed by atoms with Crippen molar-refractivity contribution in [1.29, 1.82) is 0 Å². The quantitative estimate of drug-likeness (QED) is 0.187. The Balaban J connectivity index is 1.36. The Kier molecular flexibility index (Phi) is 8.93. The van der Waals surface area contributed by atoms with Crippen LogP contribution in [0.4, 0.5) is 11.4 Å². The molecule has 3 aromatic carbocycles. The molecule has 0 unspecified atom stereocenters. The fourth-order valence-electron chi connectivity index (χ4n) is 5.81. The third kappa shape index (κ3) is 6.03. The molecule has 0 spiro atoms. The molecular weight excluding hydrogens is 643 g/mol. The van der Waals surface area contributed by atoms with Crippen molar-refractivity contribution < 1.29 is 33.8 Å². The van der Waals surface area contributed by atoms with Crippen molar-refractivity contribution >= 4 is 58.2 Å². The van der Waals surface area contributed by atoms with Crippen molar-refractivity contribution in [2.75, 3.05) is 23.4 Å². The molecule has 47 heavy (non-hydrogen) atoms. The van der Waals surface area contributed by atoms with Crippen LogP contribution < -0.4 is 19.8 Å². The highest BCUT2D eigenvalue weighted by molar-refractivity contribution is 8.00. The van der Waals surface area contributed by atoms with Crippen molar-refractivity contribution in [1.82, 2.24) is 4.57 Å². The molecule has 3 atom stereocenters. The van der Waals surface area contributed by atoms with Gasteiger partial charge in [0.25, 0.3) is 0 Å². The zero-order chi connectivity index (χ0) is 33.4. The van der Waals surface area contributed by atoms with Gasteiger partial charge in [0.05, 0.1) is 35.4 Å². The fourth-order valence-corrected chi connectivity index (χ4v) is 8.58. The van der Waals surface area contributed by atoms with Crippen LogP contribution in [0.3, 0.4) is 0 Å². The molecular formula is C34H31N3O8S2. The Morgan fingerprint density at radius 3 is 2.34 bits per heavy atom. The van der Waals surface area contributed by atoms with Gasteiger partial charge in [-0.15, -0.1) is 0 Å². The molecule has 0 aliphatic carbocycles. The third-order valence-corrected chi connectivity index (χ3v) is 10.6. The average Bonchev–Trinajstić information content (AvgIpc) is 3.49. The van der Waals surface area contributed by atoms with E-state index >= 15 is 0 Å². The molecule has 0 radical (unpaired) electrons. The zero-order valence-electron chi connectivity index (χ0n) is 25.7. The van der Waals surface area contributed by atoms with Crippen molar-refractivity contribution in [2.45, 2.75) is 43.5 Å². The summed E-state index contributed by atoms with van der Waals surface area (Å²) in [6.45, 7) is 5.59. The van der Waals surface area contributed by atoms with Gasteiger partial charge in [0.1, 0.15) is 11.8 Å². The van der Waals surface area contributed by atoms with Crippen LogP contribution in [-0.2, 0) is 25.7 Å². The molecule has 0 bridgehead atoms. The predicted octanol–water partition coefficient (Wildman–Crippen LogP) is 4.93. The number of ether oxygens (including phenoxy) is 2. The molecule has 1 saturated heterocycles. The highest BCUT2D eigenvalue weighted by Gasteiger charge is 2.57. The second kappa shape index (κ2) is 13.1. The summed E-state index contributed by atoms with van der Waals surface area (Å²) >= 11 is 2.03. The van der Waals surface area contributed by atoms with E-state index in [0.717, 1.165) is 28.7 Å². The number of aryl methyl sites for hydroxylation is 1. The van der Waals surface area contributed by atoms with E-state index in [0.29, 0.717) is 32.4 Å². The van der Waals surface area contributed by atoms with Gasteiger partial charge in [-0.25, -0.2) is 9.69 Å². The van der Waals surface area contributed by atoms with Gasteiger partial charge in [0, 0.05) is 16.5 Å². The van der Waals surface area contributed by atoms with Crippen molar-refractivity contribution in [3.05, 3.63) is 98.0 Å². The largest absolute Gasteiger partial charge is 0.504 e. The van der Waals surface area contributed by atoms with Crippen molar-refractivity contribution in [2.24, 2.45) is 5.92 Å². The van der Waals surface area contributed by atoms with Gasteiger partial charge >= 0.3 is 10.8 Å². The summed E-state index contributed by atoms with van der Waals surface area (Å²) in [5.41, 5.74) is 2.78. The lowest BCUT2D eigenvalue weighted by molar-refractivity contribution is -0.122. The zero-order valence-corrected chi connectivity index (χ0v) is 27.4. The number of amides is 3. The number of imide groups is 1. The smallest absolute Gasteiger partial charge is 0.338 e. The predicted molar refractivity (Wildman–Crippen MR) is 178 cm³/mol. The SMILES string of the molecule is CCOC(=O)c1ccc(NC(=O)Cn2c3c(sc2=O)[C@@H](c2ccc(O)c(OCC)c2)[C@H]2C(=O)N(c4ccc(C)cc4)C(=O)[C@H]2S3)cc1. The summed E-state index contributed by atoms with van der Waals surface area (Å²) < 4.78 is 12.0. The average molecular weight is 674 g/mol. The normalized spacial score (nSPS) is 18.4. The first-order valence-corrected chi connectivity index (χ1v) is 16.7. The maximum absolute atomic E-state index is 14.1. The molecule has 2 N–H and O–H groups in total. The van der Waals surface area contributed by atoms with Crippen LogP contribution in [0, 0.1) is 12.8 Å². The number of aromatic hydroxyl groups is 1. The topological polar surface area (TPSA) is 144 Å². The molecule has 2 aliphatic rings. The summed E-state index contributed by atoms with van der Waals surface area (Å²) in [5, 5.41) is 12.7. The van der Waals surface area contributed by atoms with Crippen LogP contribution in [0.1, 0.15) is 46.1 Å². The number of benzene rings is 3. The lowest BCUT2D eigenvalue weighted by atomic mass is 9.83. The number of phenols is 1. The number of thiazole rings is 1. The van der Waals surface area contributed by atoms with Crippen LogP contribution in [0.15, 0.2) is 76.6 Å². The number of carbonyl (C=O) groups excluding carboxylic acids is 4. The molecule has 1 fully saturated rings. The van der Waals surface area contributed by atoms with E-state index in [1.54, 1.807) is 50.2 Å². The van der Waals surface area contributed by atoms with E-state index in [-0.39, 0.29) is 31.3 Å². The number of fused-ring (bicyclic) bond motifs is 2.